The maximum absolute atomic E-state index is 12.3. The molecule has 0 bridgehead atoms. The van der Waals surface area contributed by atoms with Crippen LogP contribution >= 0.6 is 0 Å². The molecule has 0 saturated carbocycles. The molecule has 30 heavy (non-hydrogen) atoms. The molecule has 0 saturated heterocycles. The first-order valence-corrected chi connectivity index (χ1v) is 8.98. The number of carbonyl (C=O) groups excluding carboxylic acids is 1. The van der Waals surface area contributed by atoms with E-state index in [1.54, 1.807) is 31.2 Å². The Morgan fingerprint density at radius 3 is 2.43 bits per heavy atom. The fourth-order valence-corrected chi connectivity index (χ4v) is 2.64. The van der Waals surface area contributed by atoms with Crippen molar-refractivity contribution >= 4 is 5.97 Å². The first kappa shape index (κ1) is 20.9. The third-order valence-corrected chi connectivity index (χ3v) is 3.98. The molecular formula is C20H21N3O7. The van der Waals surface area contributed by atoms with E-state index in [1.165, 1.54) is 27.5 Å². The average molecular weight is 415 g/mol. The molecule has 0 aliphatic carbocycles. The predicted molar refractivity (Wildman–Crippen MR) is 104 cm³/mol. The van der Waals surface area contributed by atoms with Crippen LogP contribution in [0.5, 0.6) is 23.1 Å². The van der Waals surface area contributed by atoms with Crippen LogP contribution in [-0.4, -0.2) is 49.1 Å². The zero-order valence-corrected chi connectivity index (χ0v) is 17.0. The fourth-order valence-electron chi connectivity index (χ4n) is 2.64. The smallest absolute Gasteiger partial charge is 0.344 e. The number of methoxy groups -OCH3 is 3. The van der Waals surface area contributed by atoms with Gasteiger partial charge in [0.05, 0.1) is 27.9 Å². The lowest BCUT2D eigenvalue weighted by Crippen LogP contribution is -2.09. The minimum atomic E-state index is -0.612. The first-order valence-electron chi connectivity index (χ1n) is 8.98. The summed E-state index contributed by atoms with van der Waals surface area (Å²) in [4.78, 5) is 16.4. The predicted octanol–water partition coefficient (Wildman–Crippen LogP) is 2.91. The molecule has 10 nitrogen and oxygen atoms in total. The number of hydrogen-bond donors (Lipinski definition) is 0. The summed E-state index contributed by atoms with van der Waals surface area (Å²) in [5.74, 6) is 1.24. The van der Waals surface area contributed by atoms with Crippen molar-refractivity contribution in [3.8, 4) is 34.6 Å². The van der Waals surface area contributed by atoms with Crippen LogP contribution < -0.4 is 18.9 Å². The van der Waals surface area contributed by atoms with Gasteiger partial charge < -0.3 is 28.1 Å². The van der Waals surface area contributed by atoms with Crippen molar-refractivity contribution in [2.75, 3.05) is 27.9 Å². The molecule has 0 aliphatic rings. The average Bonchev–Trinajstić information content (AvgIpc) is 3.26. The Balaban J connectivity index is 1.75. The van der Waals surface area contributed by atoms with Crippen LogP contribution in [0.2, 0.25) is 0 Å². The molecule has 0 radical (unpaired) electrons. The van der Waals surface area contributed by atoms with Gasteiger partial charge in [0.1, 0.15) is 5.56 Å². The van der Waals surface area contributed by atoms with Crippen molar-refractivity contribution in [2.24, 2.45) is 0 Å². The van der Waals surface area contributed by atoms with Gasteiger partial charge in [-0.3, -0.25) is 0 Å². The van der Waals surface area contributed by atoms with E-state index in [1.807, 2.05) is 0 Å². The van der Waals surface area contributed by atoms with Crippen LogP contribution in [0.1, 0.15) is 23.2 Å². The molecule has 2 heterocycles. The lowest BCUT2D eigenvalue weighted by Gasteiger charge is -2.12. The number of rotatable bonds is 9. The van der Waals surface area contributed by atoms with E-state index in [-0.39, 0.29) is 29.8 Å². The van der Waals surface area contributed by atoms with Gasteiger partial charge in [-0.05, 0) is 31.2 Å². The van der Waals surface area contributed by atoms with Gasteiger partial charge in [-0.1, -0.05) is 0 Å². The number of benzene rings is 1. The second-order valence-corrected chi connectivity index (χ2v) is 5.78. The molecule has 2 aromatic heterocycles. The second-order valence-electron chi connectivity index (χ2n) is 5.78. The zero-order valence-electron chi connectivity index (χ0n) is 17.0. The highest BCUT2D eigenvalue weighted by Crippen LogP contribution is 2.40. The Morgan fingerprint density at radius 2 is 1.80 bits per heavy atom. The maximum Gasteiger partial charge on any atom is 0.344 e. The summed E-state index contributed by atoms with van der Waals surface area (Å²) < 4.78 is 32.1. The number of hydrogen-bond acceptors (Lipinski definition) is 10. The summed E-state index contributed by atoms with van der Waals surface area (Å²) in [5, 5.41) is 7.91. The van der Waals surface area contributed by atoms with Gasteiger partial charge in [0.2, 0.25) is 17.5 Å². The third kappa shape index (κ3) is 4.43. The molecule has 0 amide bonds. The molecule has 0 aliphatic heterocycles. The monoisotopic (exact) mass is 415 g/mol. The van der Waals surface area contributed by atoms with Crippen LogP contribution in [0.3, 0.4) is 0 Å². The van der Waals surface area contributed by atoms with Gasteiger partial charge in [-0.25, -0.2) is 9.78 Å². The molecule has 158 valence electrons. The van der Waals surface area contributed by atoms with E-state index in [0.717, 1.165) is 0 Å². The second kappa shape index (κ2) is 9.59. The van der Waals surface area contributed by atoms with Gasteiger partial charge in [-0.15, -0.1) is 10.2 Å². The Labute approximate surface area is 172 Å². The van der Waals surface area contributed by atoms with Gasteiger partial charge in [0.15, 0.2) is 18.1 Å². The van der Waals surface area contributed by atoms with Gasteiger partial charge in [-0.2, -0.15) is 0 Å². The number of pyridine rings is 1. The molecule has 0 N–H and O–H groups in total. The third-order valence-electron chi connectivity index (χ3n) is 3.98. The van der Waals surface area contributed by atoms with Crippen LogP contribution in [0, 0.1) is 0 Å². The SMILES string of the molecule is CCOc1ncccc1C(=O)OCc1nnc(-c2cc(OC)c(OC)c(OC)c2)o1. The lowest BCUT2D eigenvalue weighted by atomic mass is 10.2. The van der Waals surface area contributed by atoms with Crippen molar-refractivity contribution in [2.45, 2.75) is 13.5 Å². The van der Waals surface area contributed by atoms with E-state index < -0.39 is 5.97 Å². The lowest BCUT2D eigenvalue weighted by molar-refractivity contribution is 0.0433. The normalized spacial score (nSPS) is 10.4. The summed E-state index contributed by atoms with van der Waals surface area (Å²) >= 11 is 0. The summed E-state index contributed by atoms with van der Waals surface area (Å²) in [7, 11) is 4.53. The molecule has 0 spiro atoms. The highest BCUT2D eigenvalue weighted by Gasteiger charge is 2.19. The summed E-state index contributed by atoms with van der Waals surface area (Å²) in [5.41, 5.74) is 0.768. The Morgan fingerprint density at radius 1 is 1.07 bits per heavy atom. The number of ether oxygens (including phenoxy) is 5. The summed E-state index contributed by atoms with van der Waals surface area (Å²) in [6, 6.07) is 6.53. The van der Waals surface area contributed by atoms with Crippen molar-refractivity contribution in [1.82, 2.24) is 15.2 Å². The van der Waals surface area contributed by atoms with E-state index in [0.29, 0.717) is 29.4 Å². The largest absolute Gasteiger partial charge is 0.493 e. The van der Waals surface area contributed by atoms with Crippen LogP contribution in [0.15, 0.2) is 34.9 Å². The molecule has 3 aromatic rings. The quantitative estimate of drug-likeness (QED) is 0.483. The first-order chi connectivity index (χ1) is 14.6. The molecule has 0 unspecified atom stereocenters. The number of esters is 1. The molecule has 0 atom stereocenters. The van der Waals surface area contributed by atoms with Crippen molar-refractivity contribution in [3.05, 3.63) is 41.9 Å². The van der Waals surface area contributed by atoms with Gasteiger partial charge >= 0.3 is 5.97 Å². The van der Waals surface area contributed by atoms with Crippen LogP contribution in [-0.2, 0) is 11.3 Å². The molecule has 10 heteroatoms. The number of nitrogens with zero attached hydrogens (tertiary/aromatic N) is 3. The molecular weight excluding hydrogens is 394 g/mol. The summed E-state index contributed by atoms with van der Waals surface area (Å²) in [6.07, 6.45) is 1.53. The van der Waals surface area contributed by atoms with Crippen LogP contribution in [0.4, 0.5) is 0 Å². The Hall–Kier alpha value is -3.82. The van der Waals surface area contributed by atoms with E-state index in [2.05, 4.69) is 15.2 Å². The Kier molecular flexibility index (Phi) is 6.68. The van der Waals surface area contributed by atoms with Gasteiger partial charge in [0.25, 0.3) is 5.89 Å². The van der Waals surface area contributed by atoms with E-state index in [9.17, 15) is 4.79 Å². The fraction of sp³-hybridized carbons (Fsp3) is 0.300. The summed E-state index contributed by atoms with van der Waals surface area (Å²) in [6.45, 7) is 1.96. The van der Waals surface area contributed by atoms with Crippen molar-refractivity contribution < 1.29 is 32.9 Å². The molecule has 1 aromatic carbocycles. The van der Waals surface area contributed by atoms with Crippen LogP contribution in [0.25, 0.3) is 11.5 Å². The molecule has 0 fully saturated rings. The molecule has 3 rings (SSSR count). The highest BCUT2D eigenvalue weighted by atomic mass is 16.5. The topological polar surface area (TPSA) is 115 Å². The highest BCUT2D eigenvalue weighted by molar-refractivity contribution is 5.91. The minimum absolute atomic E-state index is 0.119. The Bertz CT molecular complexity index is 994. The van der Waals surface area contributed by atoms with Crippen molar-refractivity contribution in [1.29, 1.82) is 0 Å². The maximum atomic E-state index is 12.3. The van der Waals surface area contributed by atoms with E-state index >= 15 is 0 Å². The number of carbonyl (C=O) groups is 1. The standard InChI is InChI=1S/C20H21N3O7/c1-5-28-19-13(7-6-8-21-19)20(24)29-11-16-22-23-18(30-16)12-9-14(25-2)17(27-4)15(10-12)26-3/h6-10H,5,11H2,1-4H3. The van der Waals surface area contributed by atoms with Gasteiger partial charge in [0, 0.05) is 11.8 Å². The zero-order chi connectivity index (χ0) is 21.5. The van der Waals surface area contributed by atoms with E-state index in [4.69, 9.17) is 28.1 Å². The van der Waals surface area contributed by atoms with Crippen molar-refractivity contribution in [3.63, 3.8) is 0 Å². The number of aromatic nitrogens is 3. The minimum Gasteiger partial charge on any atom is -0.493 e.